The number of unbranched alkanes of at least 4 members (excludes halogenated alkanes) is 10. The van der Waals surface area contributed by atoms with Crippen molar-refractivity contribution >= 4 is 17.1 Å². The molecule has 5 aromatic carbocycles. The molecule has 1 aliphatic carbocycles. The lowest BCUT2D eigenvalue weighted by atomic mass is 9.70. The largest absolute Gasteiger partial charge is 0.453 e. The van der Waals surface area contributed by atoms with Crippen molar-refractivity contribution in [3.63, 3.8) is 0 Å². The average molecular weight is 690 g/mol. The molecule has 0 unspecified atom stereocenters. The molecule has 0 saturated heterocycles. The number of aryl methyl sites for hydroxylation is 3. The number of hydrogen-bond acceptors (Lipinski definition) is 2. The smallest absolute Gasteiger partial charge is 0.152 e. The summed E-state index contributed by atoms with van der Waals surface area (Å²) in [5.41, 5.74) is 15.7. The fourth-order valence-corrected chi connectivity index (χ4v) is 8.93. The third kappa shape index (κ3) is 7.32. The molecule has 0 fully saturated rings. The first kappa shape index (κ1) is 36.1. The Hall–Kier alpha value is -4.30. The van der Waals surface area contributed by atoms with Gasteiger partial charge in [0.15, 0.2) is 11.5 Å². The number of nitrogens with zero attached hydrogens (tertiary/aromatic N) is 1. The van der Waals surface area contributed by atoms with Gasteiger partial charge in [-0.05, 0) is 115 Å². The summed E-state index contributed by atoms with van der Waals surface area (Å²) in [6, 6.07) is 36.8. The molecule has 2 nitrogen and oxygen atoms in total. The Bertz CT molecular complexity index is 1970. The van der Waals surface area contributed by atoms with E-state index < -0.39 is 0 Å². The van der Waals surface area contributed by atoms with Crippen molar-refractivity contribution in [2.75, 3.05) is 4.90 Å². The second-order valence-electron chi connectivity index (χ2n) is 15.9. The molecule has 0 radical (unpaired) electrons. The number of fused-ring (bicyclic) bond motifs is 5. The highest BCUT2D eigenvalue weighted by Crippen LogP contribution is 2.56. The van der Waals surface area contributed by atoms with E-state index in [0.717, 1.165) is 28.6 Å². The minimum Gasteiger partial charge on any atom is -0.453 e. The van der Waals surface area contributed by atoms with Crippen LogP contribution in [-0.4, -0.2) is 0 Å². The normalized spacial score (nSPS) is 13.7. The van der Waals surface area contributed by atoms with Gasteiger partial charge in [0.1, 0.15) is 0 Å². The molecule has 2 aliphatic rings. The zero-order valence-corrected chi connectivity index (χ0v) is 32.5. The van der Waals surface area contributed by atoms with Gasteiger partial charge >= 0.3 is 0 Å². The van der Waals surface area contributed by atoms with Crippen molar-refractivity contribution in [1.82, 2.24) is 0 Å². The van der Waals surface area contributed by atoms with Crippen LogP contribution in [-0.2, 0) is 5.41 Å². The van der Waals surface area contributed by atoms with Gasteiger partial charge in [-0.2, -0.15) is 0 Å². The lowest BCUT2D eigenvalue weighted by Gasteiger charge is -2.34. The summed E-state index contributed by atoms with van der Waals surface area (Å²) in [6.07, 6.45) is 18.4. The molecule has 0 amide bonds. The van der Waals surface area contributed by atoms with E-state index >= 15 is 0 Å². The molecule has 5 aromatic rings. The summed E-state index contributed by atoms with van der Waals surface area (Å²) < 4.78 is 6.74. The summed E-state index contributed by atoms with van der Waals surface area (Å²) in [4.78, 5) is 2.35. The van der Waals surface area contributed by atoms with Crippen LogP contribution >= 0.6 is 0 Å². The Kier molecular flexibility index (Phi) is 11.2. The predicted octanol–water partition coefficient (Wildman–Crippen LogP) is 15.6. The van der Waals surface area contributed by atoms with Gasteiger partial charge in [-0.25, -0.2) is 0 Å². The number of anilines is 3. The van der Waals surface area contributed by atoms with Crippen LogP contribution in [0.25, 0.3) is 22.3 Å². The van der Waals surface area contributed by atoms with Gasteiger partial charge in [-0.3, -0.25) is 0 Å². The zero-order chi connectivity index (χ0) is 36.1. The van der Waals surface area contributed by atoms with E-state index in [9.17, 15) is 0 Å². The van der Waals surface area contributed by atoms with Gasteiger partial charge < -0.3 is 9.64 Å². The molecule has 1 aliphatic heterocycles. The van der Waals surface area contributed by atoms with Crippen LogP contribution in [0.2, 0.25) is 0 Å². The highest BCUT2D eigenvalue weighted by atomic mass is 16.5. The van der Waals surface area contributed by atoms with E-state index in [1.54, 1.807) is 11.1 Å². The summed E-state index contributed by atoms with van der Waals surface area (Å²) in [5, 5.41) is 0. The van der Waals surface area contributed by atoms with Crippen molar-refractivity contribution in [3.05, 3.63) is 125 Å². The SMILES string of the molecule is CCCCCCCCC1(CCCCCCCC)c2cc(C)ccc2-c2ccc(-c3ccc4c(c3)Oc3cc(C)ccc3N4c3ccc(C)cc3)cc21. The van der Waals surface area contributed by atoms with Gasteiger partial charge in [-0.15, -0.1) is 0 Å². The van der Waals surface area contributed by atoms with E-state index in [4.69, 9.17) is 4.74 Å². The Morgan fingerprint density at radius 3 is 1.62 bits per heavy atom. The van der Waals surface area contributed by atoms with Crippen LogP contribution in [0.15, 0.2) is 97.1 Å². The first-order chi connectivity index (χ1) is 25.4. The third-order valence-electron chi connectivity index (χ3n) is 11.8. The maximum atomic E-state index is 6.74. The number of benzene rings is 5. The number of ether oxygens (including phenoxy) is 1. The maximum absolute atomic E-state index is 6.74. The molecule has 0 saturated carbocycles. The first-order valence-electron chi connectivity index (χ1n) is 20.5. The van der Waals surface area contributed by atoms with Crippen LogP contribution < -0.4 is 9.64 Å². The minimum absolute atomic E-state index is 0.0611. The monoisotopic (exact) mass is 689 g/mol. The summed E-state index contributed by atoms with van der Waals surface area (Å²) in [7, 11) is 0. The summed E-state index contributed by atoms with van der Waals surface area (Å²) >= 11 is 0. The molecule has 0 N–H and O–H groups in total. The molecule has 0 atom stereocenters. The lowest BCUT2D eigenvalue weighted by molar-refractivity contribution is 0.398. The van der Waals surface area contributed by atoms with E-state index in [1.165, 1.54) is 129 Å². The lowest BCUT2D eigenvalue weighted by Crippen LogP contribution is -2.25. The van der Waals surface area contributed by atoms with Gasteiger partial charge in [-0.1, -0.05) is 157 Å². The summed E-state index contributed by atoms with van der Waals surface area (Å²) in [6.45, 7) is 11.2. The van der Waals surface area contributed by atoms with Crippen molar-refractivity contribution in [1.29, 1.82) is 0 Å². The molecule has 52 heavy (non-hydrogen) atoms. The topological polar surface area (TPSA) is 12.5 Å². The second-order valence-corrected chi connectivity index (χ2v) is 15.9. The fourth-order valence-electron chi connectivity index (χ4n) is 8.93. The Morgan fingerprint density at radius 2 is 0.942 bits per heavy atom. The van der Waals surface area contributed by atoms with Gasteiger partial charge in [0.25, 0.3) is 0 Å². The Morgan fingerprint density at radius 1 is 0.462 bits per heavy atom. The van der Waals surface area contributed by atoms with Gasteiger partial charge in [0, 0.05) is 11.1 Å². The quantitative estimate of drug-likeness (QED) is 0.0938. The maximum Gasteiger partial charge on any atom is 0.152 e. The zero-order valence-electron chi connectivity index (χ0n) is 32.5. The second kappa shape index (κ2) is 16.2. The first-order valence-corrected chi connectivity index (χ1v) is 20.5. The van der Waals surface area contributed by atoms with Gasteiger partial charge in [0.05, 0.1) is 11.4 Å². The van der Waals surface area contributed by atoms with Crippen molar-refractivity contribution < 1.29 is 4.74 Å². The molecule has 7 rings (SSSR count). The van der Waals surface area contributed by atoms with Crippen LogP contribution in [0.3, 0.4) is 0 Å². The molecule has 2 heteroatoms. The van der Waals surface area contributed by atoms with Crippen LogP contribution in [0.5, 0.6) is 11.5 Å². The van der Waals surface area contributed by atoms with E-state index in [0.29, 0.717) is 0 Å². The van der Waals surface area contributed by atoms with Crippen LogP contribution in [0.4, 0.5) is 17.1 Å². The van der Waals surface area contributed by atoms with Crippen molar-refractivity contribution in [2.24, 2.45) is 0 Å². The van der Waals surface area contributed by atoms with Crippen LogP contribution in [0, 0.1) is 20.8 Å². The molecule has 0 spiro atoms. The fraction of sp³-hybridized carbons (Fsp3) is 0.400. The molecule has 0 bridgehead atoms. The highest BCUT2D eigenvalue weighted by Gasteiger charge is 2.42. The molecular formula is C50H59NO. The Labute approximate surface area is 314 Å². The standard InChI is InChI=1S/C50H59NO/c1-6-8-10-12-14-16-30-50(31-17-15-13-11-9-7-2)44-32-37(4)20-26-42(44)43-27-22-39(34-45(43)50)40-23-29-47-49(35-40)52-48-33-38(5)21-28-46(48)51(47)41-24-18-36(3)19-25-41/h18-29,32-35H,6-17,30-31H2,1-5H3. The number of rotatable bonds is 16. The van der Waals surface area contributed by atoms with E-state index in [1.807, 2.05) is 0 Å². The highest BCUT2D eigenvalue weighted by molar-refractivity contribution is 5.89. The van der Waals surface area contributed by atoms with E-state index in [2.05, 4.69) is 137 Å². The third-order valence-corrected chi connectivity index (χ3v) is 11.8. The number of hydrogen-bond donors (Lipinski definition) is 0. The van der Waals surface area contributed by atoms with Gasteiger partial charge in [0.2, 0.25) is 0 Å². The molecule has 270 valence electrons. The predicted molar refractivity (Wildman–Crippen MR) is 223 cm³/mol. The van der Waals surface area contributed by atoms with Crippen LogP contribution in [0.1, 0.15) is 132 Å². The van der Waals surface area contributed by atoms with Crippen molar-refractivity contribution in [2.45, 2.75) is 130 Å². The Balaban J connectivity index is 1.27. The molecule has 0 aromatic heterocycles. The molecule has 1 heterocycles. The minimum atomic E-state index is 0.0611. The summed E-state index contributed by atoms with van der Waals surface area (Å²) in [5.74, 6) is 1.81. The van der Waals surface area contributed by atoms with E-state index in [-0.39, 0.29) is 5.41 Å². The molecular weight excluding hydrogens is 631 g/mol. The van der Waals surface area contributed by atoms with Crippen molar-refractivity contribution in [3.8, 4) is 33.8 Å². The average Bonchev–Trinajstić information content (AvgIpc) is 3.41.